The Balaban J connectivity index is 1.59. The lowest BCUT2D eigenvalue weighted by Crippen LogP contribution is -2.62. The Kier molecular flexibility index (Phi) is 8.57. The molecule has 1 aromatic heterocycles. The smallest absolute Gasteiger partial charge is 0.294 e. The molecule has 2 aromatic carbocycles. The quantitative estimate of drug-likeness (QED) is 0.274. The number of nitriles is 1. The van der Waals surface area contributed by atoms with Crippen molar-refractivity contribution in [3.8, 4) is 11.9 Å². The third-order valence-electron chi connectivity index (χ3n) is 7.60. The standard InChI is InChI=1S/C30H30N6O5S3/c1-29(19-31)18-30(42-26(38)33-21-11-7-5-8-12-21)25(37)35(2)44(4,43-27(39)34-22-13-9-6-10-14-22)28(40)36(30)24(29)20-15-16-23(41-3)32-17-20/h5-17,24H,18H2,1-4H3,(H,33,38)(H,34,39)/t24?,29-,30?/m1/s1. The van der Waals surface area contributed by atoms with Gasteiger partial charge in [0.25, 0.3) is 21.6 Å². The first-order valence-corrected chi connectivity index (χ1v) is 17.5. The van der Waals surface area contributed by atoms with Crippen molar-refractivity contribution in [1.82, 2.24) is 14.2 Å². The zero-order valence-corrected chi connectivity index (χ0v) is 26.8. The van der Waals surface area contributed by atoms with Crippen LogP contribution in [0.2, 0.25) is 0 Å². The first-order chi connectivity index (χ1) is 21.0. The van der Waals surface area contributed by atoms with Crippen molar-refractivity contribution >= 4 is 64.8 Å². The number of rotatable bonds is 6. The van der Waals surface area contributed by atoms with E-state index in [0.29, 0.717) is 34.6 Å². The molecule has 44 heavy (non-hydrogen) atoms. The van der Waals surface area contributed by atoms with E-state index >= 15 is 0 Å². The van der Waals surface area contributed by atoms with Gasteiger partial charge in [-0.2, -0.15) is 5.26 Å². The molecular weight excluding hydrogens is 621 g/mol. The molecule has 4 amide bonds. The molecule has 14 heteroatoms. The highest BCUT2D eigenvalue weighted by molar-refractivity contribution is 9.02. The summed E-state index contributed by atoms with van der Waals surface area (Å²) in [6, 6.07) is 22.2. The number of benzene rings is 2. The second-order valence-electron chi connectivity index (χ2n) is 10.5. The number of nitrogens with zero attached hydrogens (tertiary/aromatic N) is 4. The summed E-state index contributed by atoms with van der Waals surface area (Å²) >= 11 is 0.666. The van der Waals surface area contributed by atoms with E-state index in [-0.39, 0.29) is 6.42 Å². The summed E-state index contributed by atoms with van der Waals surface area (Å²) in [6.45, 7) is 1.67. The van der Waals surface area contributed by atoms with Crippen LogP contribution in [0, 0.1) is 16.7 Å². The molecule has 2 saturated heterocycles. The number of para-hydroxylation sites is 2. The van der Waals surface area contributed by atoms with Crippen LogP contribution in [0.1, 0.15) is 24.9 Å². The Labute approximate surface area is 264 Å². The molecule has 2 aliphatic rings. The number of carbonyl (C=O) groups excluding carboxylic acids is 4. The lowest BCUT2D eigenvalue weighted by atomic mass is 9.80. The second-order valence-corrected chi connectivity index (χ2v) is 17.2. The SMILES string of the molecule is COc1ccc(C2N3C(=O)S(C)(SC(=O)Nc4ccccc4)N(C)C(=O)C3(SC(=O)Nc3ccccc3)C[C@]2(C)C#N)cn1. The summed E-state index contributed by atoms with van der Waals surface area (Å²) in [5.74, 6) is -0.217. The van der Waals surface area contributed by atoms with Gasteiger partial charge in [-0.1, -0.05) is 36.4 Å². The van der Waals surface area contributed by atoms with Crippen molar-refractivity contribution in [3.05, 3.63) is 84.6 Å². The van der Waals surface area contributed by atoms with E-state index in [0.717, 1.165) is 10.8 Å². The Bertz CT molecular complexity index is 1640. The number of fused-ring (bicyclic) bond motifs is 1. The lowest BCUT2D eigenvalue weighted by molar-refractivity contribution is -0.131. The van der Waals surface area contributed by atoms with E-state index in [1.165, 1.54) is 29.6 Å². The maximum Gasteiger partial charge on any atom is 0.294 e. The first kappa shape index (κ1) is 31.2. The number of hydrogen-bond donors (Lipinski definition) is 2. The van der Waals surface area contributed by atoms with Gasteiger partial charge in [0.1, 0.15) is 0 Å². The van der Waals surface area contributed by atoms with Gasteiger partial charge in [0.2, 0.25) is 5.88 Å². The Hall–Kier alpha value is -4.19. The van der Waals surface area contributed by atoms with Crippen LogP contribution in [0.3, 0.4) is 0 Å². The topological polar surface area (TPSA) is 145 Å². The maximum atomic E-state index is 14.8. The molecule has 4 atom stereocenters. The highest BCUT2D eigenvalue weighted by Gasteiger charge is 2.71. The van der Waals surface area contributed by atoms with Crippen LogP contribution >= 0.6 is 31.8 Å². The highest BCUT2D eigenvalue weighted by Crippen LogP contribution is 2.71. The maximum absolute atomic E-state index is 14.8. The summed E-state index contributed by atoms with van der Waals surface area (Å²) < 4.78 is 6.49. The van der Waals surface area contributed by atoms with Gasteiger partial charge in [-0.3, -0.25) is 23.5 Å². The Morgan fingerprint density at radius 3 is 2.14 bits per heavy atom. The number of amides is 4. The van der Waals surface area contributed by atoms with Crippen molar-refractivity contribution < 1.29 is 23.9 Å². The number of aromatic nitrogens is 1. The Morgan fingerprint density at radius 2 is 1.61 bits per heavy atom. The number of methoxy groups -OCH3 is 1. The van der Waals surface area contributed by atoms with Crippen LogP contribution in [-0.4, -0.2) is 61.1 Å². The van der Waals surface area contributed by atoms with Gasteiger partial charge in [0.05, 0.1) is 24.6 Å². The largest absolute Gasteiger partial charge is 0.481 e. The van der Waals surface area contributed by atoms with Crippen LogP contribution in [0.5, 0.6) is 5.88 Å². The molecule has 228 valence electrons. The molecule has 3 aromatic rings. The van der Waals surface area contributed by atoms with Crippen molar-refractivity contribution in [2.24, 2.45) is 5.41 Å². The zero-order chi connectivity index (χ0) is 31.7. The fraction of sp³-hybridized carbons (Fsp3) is 0.267. The molecule has 2 fully saturated rings. The van der Waals surface area contributed by atoms with Crippen molar-refractivity contribution in [3.63, 3.8) is 0 Å². The van der Waals surface area contributed by atoms with Crippen LogP contribution in [0.25, 0.3) is 0 Å². The van der Waals surface area contributed by atoms with E-state index in [2.05, 4.69) is 21.7 Å². The fourth-order valence-corrected chi connectivity index (χ4v) is 10.9. The summed E-state index contributed by atoms with van der Waals surface area (Å²) in [5, 5.41) is 14.5. The zero-order valence-electron chi connectivity index (χ0n) is 24.3. The summed E-state index contributed by atoms with van der Waals surface area (Å²) in [7, 11) is 0.790. The lowest BCUT2D eigenvalue weighted by Gasteiger charge is -2.54. The van der Waals surface area contributed by atoms with E-state index < -0.39 is 47.2 Å². The van der Waals surface area contributed by atoms with Gasteiger partial charge in [-0.15, -0.1) is 0 Å². The number of anilines is 2. The molecule has 2 aliphatic heterocycles. The number of likely N-dealkylation sites (N-methyl/N-ethyl adjacent to an activating group) is 1. The minimum atomic E-state index is -2.89. The van der Waals surface area contributed by atoms with Crippen LogP contribution in [0.15, 0.2) is 79.0 Å². The van der Waals surface area contributed by atoms with Gasteiger partial charge < -0.3 is 20.3 Å². The number of ether oxygens (including phenoxy) is 1. The fourth-order valence-electron chi connectivity index (χ4n) is 5.45. The van der Waals surface area contributed by atoms with E-state index in [9.17, 15) is 24.4 Å². The van der Waals surface area contributed by atoms with Crippen LogP contribution in [-0.2, 0) is 4.79 Å². The molecule has 5 rings (SSSR count). The molecular formula is C30H30N6O5S3. The van der Waals surface area contributed by atoms with Crippen LogP contribution < -0.4 is 15.4 Å². The number of nitrogens with one attached hydrogen (secondary N) is 2. The molecule has 0 aliphatic carbocycles. The molecule has 3 heterocycles. The van der Waals surface area contributed by atoms with Gasteiger partial charge in [0, 0.05) is 54.2 Å². The third-order valence-corrected chi connectivity index (χ3v) is 13.9. The molecule has 0 spiro atoms. The molecule has 0 radical (unpaired) electrons. The summed E-state index contributed by atoms with van der Waals surface area (Å²) in [6.07, 6.45) is 2.94. The van der Waals surface area contributed by atoms with Gasteiger partial charge in [-0.05, 0) is 63.8 Å². The predicted octanol–water partition coefficient (Wildman–Crippen LogP) is 6.85. The van der Waals surface area contributed by atoms with E-state index in [4.69, 9.17) is 4.74 Å². The molecule has 0 bridgehead atoms. The molecule has 2 N–H and O–H groups in total. The first-order valence-electron chi connectivity index (χ1n) is 13.4. The monoisotopic (exact) mass is 650 g/mol. The minimum Gasteiger partial charge on any atom is -0.481 e. The van der Waals surface area contributed by atoms with Crippen molar-refractivity contribution in [2.75, 3.05) is 31.0 Å². The van der Waals surface area contributed by atoms with Crippen molar-refractivity contribution in [1.29, 1.82) is 5.26 Å². The number of pyridine rings is 1. The van der Waals surface area contributed by atoms with Crippen LogP contribution in [0.4, 0.5) is 25.8 Å². The average Bonchev–Trinajstić information content (AvgIpc) is 3.29. The van der Waals surface area contributed by atoms with E-state index in [1.807, 2.05) is 6.07 Å². The Morgan fingerprint density at radius 1 is 1.02 bits per heavy atom. The molecule has 0 saturated carbocycles. The number of hydrogen-bond acceptors (Lipinski definition) is 9. The second kappa shape index (κ2) is 12.1. The highest BCUT2D eigenvalue weighted by atomic mass is 33.2. The number of thioether (sulfide) groups is 1. The molecule has 3 unspecified atom stereocenters. The minimum absolute atomic E-state index is 0.134. The predicted molar refractivity (Wildman–Crippen MR) is 174 cm³/mol. The van der Waals surface area contributed by atoms with Gasteiger partial charge >= 0.3 is 0 Å². The van der Waals surface area contributed by atoms with Gasteiger partial charge in [-0.25, -0.2) is 4.98 Å². The third kappa shape index (κ3) is 5.47. The normalized spacial score (nSPS) is 27.5. The average molecular weight is 651 g/mol. The molecule has 11 nitrogen and oxygen atoms in total. The number of carbonyl (C=O) groups is 4. The van der Waals surface area contributed by atoms with E-state index in [1.54, 1.807) is 79.9 Å². The summed E-state index contributed by atoms with van der Waals surface area (Å²) in [4.78, 5) is 60.0. The van der Waals surface area contributed by atoms with Gasteiger partial charge in [0.15, 0.2) is 4.87 Å². The summed E-state index contributed by atoms with van der Waals surface area (Å²) in [5.41, 5.74) is 0.237. The van der Waals surface area contributed by atoms with Crippen molar-refractivity contribution in [2.45, 2.75) is 24.3 Å².